The van der Waals surface area contributed by atoms with Gasteiger partial charge in [-0.05, 0) is 113 Å². The van der Waals surface area contributed by atoms with E-state index in [1.54, 1.807) is 0 Å². The summed E-state index contributed by atoms with van der Waals surface area (Å²) in [7, 11) is 0. The maximum Gasteiger partial charge on any atom is 0.122 e. The van der Waals surface area contributed by atoms with Crippen molar-refractivity contribution in [1.29, 1.82) is 0 Å². The Labute approximate surface area is 291 Å². The summed E-state index contributed by atoms with van der Waals surface area (Å²) in [4.78, 5) is 0. The lowest BCUT2D eigenvalue weighted by molar-refractivity contribution is 0.461. The lowest BCUT2D eigenvalue weighted by Gasteiger charge is -2.27. The summed E-state index contributed by atoms with van der Waals surface area (Å²) in [6, 6.07) is 18.4. The van der Waals surface area contributed by atoms with Crippen molar-refractivity contribution < 1.29 is 10.2 Å². The second-order valence-corrected chi connectivity index (χ2v) is 18.8. The molecule has 1 aliphatic carbocycles. The smallest absolute Gasteiger partial charge is 0.122 e. The minimum Gasteiger partial charge on any atom is -0.507 e. The van der Waals surface area contributed by atoms with Crippen LogP contribution in [0.4, 0.5) is 0 Å². The first-order chi connectivity index (χ1) is 21.9. The fourth-order valence-corrected chi connectivity index (χ4v) is 7.03. The van der Waals surface area contributed by atoms with E-state index in [-0.39, 0.29) is 21.7 Å². The van der Waals surface area contributed by atoms with Crippen molar-refractivity contribution in [1.82, 2.24) is 0 Å². The van der Waals surface area contributed by atoms with Gasteiger partial charge in [0.05, 0.1) is 0 Å². The van der Waals surface area contributed by atoms with Gasteiger partial charge in [0, 0.05) is 25.7 Å². The standard InChI is InChI=1S/C46H60O2/c1-27-29-15-33-23-39(45(9,10)11)25-35(41(33)47)17-31-21-38(44(6,7)8)22-32(28(31)2)18-36-26-40(46(12,13)14)24-34(42(36)48)16-30(27)20-37(19-29)43(3,4)5/h19-26,47-48H,15-18H2,1-14H3. The van der Waals surface area contributed by atoms with Crippen LogP contribution in [0.3, 0.4) is 0 Å². The number of phenols is 2. The average Bonchev–Trinajstić information content (AvgIpc) is 2.93. The summed E-state index contributed by atoms with van der Waals surface area (Å²) in [6.07, 6.45) is 2.60. The third-order valence-corrected chi connectivity index (χ3v) is 10.8. The monoisotopic (exact) mass is 644 g/mol. The molecule has 48 heavy (non-hydrogen) atoms. The topological polar surface area (TPSA) is 40.5 Å². The van der Waals surface area contributed by atoms with Crippen molar-refractivity contribution in [2.24, 2.45) is 0 Å². The Kier molecular flexibility index (Phi) is 9.03. The molecule has 8 bridgehead atoms. The Hall–Kier alpha value is -3.52. The Morgan fingerprint density at radius 3 is 0.667 bits per heavy atom. The highest BCUT2D eigenvalue weighted by atomic mass is 16.3. The van der Waals surface area contributed by atoms with Gasteiger partial charge in [-0.1, -0.05) is 132 Å². The molecule has 0 aliphatic heterocycles. The first kappa shape index (κ1) is 35.8. The van der Waals surface area contributed by atoms with Crippen LogP contribution in [-0.4, -0.2) is 10.2 Å². The van der Waals surface area contributed by atoms with Crippen LogP contribution in [0, 0.1) is 13.8 Å². The van der Waals surface area contributed by atoms with Gasteiger partial charge in [-0.15, -0.1) is 0 Å². The molecule has 5 rings (SSSR count). The molecule has 2 heteroatoms. The highest BCUT2D eigenvalue weighted by molar-refractivity contribution is 5.56. The summed E-state index contributed by atoms with van der Waals surface area (Å²) in [6.45, 7) is 31.6. The molecule has 4 aromatic rings. The maximum atomic E-state index is 12.1. The second-order valence-electron chi connectivity index (χ2n) is 18.8. The largest absolute Gasteiger partial charge is 0.507 e. The van der Waals surface area contributed by atoms with Gasteiger partial charge in [0.25, 0.3) is 0 Å². The number of hydrogen-bond donors (Lipinski definition) is 2. The van der Waals surface area contributed by atoms with E-state index >= 15 is 0 Å². The minimum atomic E-state index is -0.0655. The van der Waals surface area contributed by atoms with E-state index in [2.05, 4.69) is 145 Å². The van der Waals surface area contributed by atoms with Crippen LogP contribution >= 0.6 is 0 Å². The molecule has 0 radical (unpaired) electrons. The van der Waals surface area contributed by atoms with Gasteiger partial charge in [0.15, 0.2) is 0 Å². The molecule has 0 fully saturated rings. The number of benzene rings is 4. The zero-order chi connectivity index (χ0) is 35.7. The predicted octanol–water partition coefficient (Wildman–Crippen LogP) is 11.6. The van der Waals surface area contributed by atoms with Crippen LogP contribution in [0.1, 0.15) is 161 Å². The van der Waals surface area contributed by atoms with E-state index in [1.807, 2.05) is 0 Å². The molecule has 256 valence electrons. The van der Waals surface area contributed by atoms with Crippen molar-refractivity contribution in [2.45, 2.75) is 144 Å². The fourth-order valence-electron chi connectivity index (χ4n) is 7.03. The van der Waals surface area contributed by atoms with E-state index in [4.69, 9.17) is 0 Å². The first-order valence-electron chi connectivity index (χ1n) is 17.9. The average molecular weight is 645 g/mol. The van der Waals surface area contributed by atoms with Gasteiger partial charge >= 0.3 is 0 Å². The summed E-state index contributed by atoms with van der Waals surface area (Å²) in [5.41, 5.74) is 16.1. The van der Waals surface area contributed by atoms with E-state index in [0.717, 1.165) is 22.3 Å². The van der Waals surface area contributed by atoms with Gasteiger partial charge in [-0.3, -0.25) is 0 Å². The molecule has 0 atom stereocenters. The van der Waals surface area contributed by atoms with Gasteiger partial charge in [-0.25, -0.2) is 0 Å². The van der Waals surface area contributed by atoms with Gasteiger partial charge in [0.1, 0.15) is 11.5 Å². The highest BCUT2D eigenvalue weighted by Gasteiger charge is 2.26. The van der Waals surface area contributed by atoms with E-state index in [0.29, 0.717) is 37.2 Å². The Morgan fingerprint density at radius 2 is 0.500 bits per heavy atom. The maximum absolute atomic E-state index is 12.1. The number of phenolic OH excluding ortho intramolecular Hbond substituents is 2. The normalized spacial score (nSPS) is 14.3. The molecule has 0 amide bonds. The molecule has 2 N–H and O–H groups in total. The van der Waals surface area contributed by atoms with Crippen LogP contribution in [0.25, 0.3) is 0 Å². The van der Waals surface area contributed by atoms with Crippen molar-refractivity contribution in [3.05, 3.63) is 126 Å². The molecule has 0 spiro atoms. The molecule has 1 aliphatic rings. The van der Waals surface area contributed by atoms with Crippen LogP contribution in [0.2, 0.25) is 0 Å². The molecule has 0 saturated heterocycles. The first-order valence-corrected chi connectivity index (χ1v) is 17.9. The number of fused-ring (bicyclic) bond motifs is 8. The quantitative estimate of drug-likeness (QED) is 0.176. The summed E-state index contributed by atoms with van der Waals surface area (Å²) >= 11 is 0. The second kappa shape index (κ2) is 12.1. The third kappa shape index (κ3) is 7.24. The van der Waals surface area contributed by atoms with Crippen molar-refractivity contribution in [3.8, 4) is 11.5 Å². The minimum absolute atomic E-state index is 0.0516. The molecular formula is C46H60O2. The van der Waals surface area contributed by atoms with Gasteiger partial charge in [-0.2, -0.15) is 0 Å². The molecule has 0 aromatic heterocycles. The summed E-state index contributed by atoms with van der Waals surface area (Å²) in [5.74, 6) is 0.828. The van der Waals surface area contributed by atoms with Crippen LogP contribution < -0.4 is 0 Å². The highest BCUT2D eigenvalue weighted by Crippen LogP contribution is 2.40. The molecule has 0 unspecified atom stereocenters. The van der Waals surface area contributed by atoms with Crippen molar-refractivity contribution in [2.75, 3.05) is 0 Å². The SMILES string of the molecule is Cc1c2cc(C(C)(C)C)cc1Cc1cc(C(C)(C)C)cc(c1O)Cc1cc(C(C)(C)C)cc(c1C)Cc1cc(C(C)(C)C)cc(c1O)C2. The lowest BCUT2D eigenvalue weighted by atomic mass is 9.78. The number of rotatable bonds is 0. The summed E-state index contributed by atoms with van der Waals surface area (Å²) in [5, 5.41) is 24.1. The Bertz CT molecular complexity index is 1500. The number of aromatic hydroxyl groups is 2. The van der Waals surface area contributed by atoms with E-state index in [9.17, 15) is 10.2 Å². The Morgan fingerprint density at radius 1 is 0.333 bits per heavy atom. The summed E-state index contributed by atoms with van der Waals surface area (Å²) < 4.78 is 0. The van der Waals surface area contributed by atoms with E-state index < -0.39 is 0 Å². The van der Waals surface area contributed by atoms with Gasteiger partial charge < -0.3 is 10.2 Å². The molecule has 2 nitrogen and oxygen atoms in total. The Balaban J connectivity index is 1.89. The zero-order valence-corrected chi connectivity index (χ0v) is 32.3. The molecule has 4 aromatic carbocycles. The molecule has 0 saturated carbocycles. The third-order valence-electron chi connectivity index (χ3n) is 10.8. The van der Waals surface area contributed by atoms with E-state index in [1.165, 1.54) is 55.6 Å². The van der Waals surface area contributed by atoms with Gasteiger partial charge in [0.2, 0.25) is 0 Å². The van der Waals surface area contributed by atoms with Crippen molar-refractivity contribution in [3.63, 3.8) is 0 Å². The predicted molar refractivity (Wildman–Crippen MR) is 205 cm³/mol. The fraction of sp³-hybridized carbons (Fsp3) is 0.478. The van der Waals surface area contributed by atoms with Crippen LogP contribution in [0.5, 0.6) is 11.5 Å². The van der Waals surface area contributed by atoms with Crippen LogP contribution in [0.15, 0.2) is 48.5 Å². The van der Waals surface area contributed by atoms with Crippen LogP contribution in [-0.2, 0) is 47.3 Å². The number of hydrogen-bond acceptors (Lipinski definition) is 2. The molecular weight excluding hydrogens is 585 g/mol. The zero-order valence-electron chi connectivity index (χ0n) is 32.3. The lowest BCUT2D eigenvalue weighted by Crippen LogP contribution is -2.16. The van der Waals surface area contributed by atoms with Crippen molar-refractivity contribution >= 4 is 0 Å². The molecule has 0 heterocycles.